The highest BCUT2D eigenvalue weighted by Gasteiger charge is 1.79. The first-order chi connectivity index (χ1) is 4.91. The molecule has 0 aliphatic carbocycles. The van der Waals surface area contributed by atoms with E-state index in [9.17, 15) is 0 Å². The largest absolute Gasteiger partial charge is 0.103 e. The second kappa shape index (κ2) is 8.56. The predicted octanol–water partition coefficient (Wildman–Crippen LogP) is 3.18. The van der Waals surface area contributed by atoms with E-state index in [4.69, 9.17) is 0 Å². The molecule has 0 nitrogen and oxygen atoms in total. The van der Waals surface area contributed by atoms with E-state index >= 15 is 0 Å². The van der Waals surface area contributed by atoms with Crippen molar-refractivity contribution in [3.63, 3.8) is 0 Å². The van der Waals surface area contributed by atoms with Crippen LogP contribution in [0.25, 0.3) is 0 Å². The van der Waals surface area contributed by atoms with Gasteiger partial charge in [0.2, 0.25) is 0 Å². The van der Waals surface area contributed by atoms with Crippen LogP contribution in [-0.4, -0.2) is 0 Å². The zero-order valence-electron chi connectivity index (χ0n) is 7.11. The van der Waals surface area contributed by atoms with Crippen LogP contribution in [0, 0.1) is 18.3 Å². The lowest BCUT2D eigenvalue weighted by molar-refractivity contribution is 0.737. The summed E-state index contributed by atoms with van der Waals surface area (Å²) >= 11 is 0. The summed E-state index contributed by atoms with van der Waals surface area (Å²) in [6, 6.07) is 0. The van der Waals surface area contributed by atoms with Gasteiger partial charge in [-0.15, -0.1) is 11.8 Å². The van der Waals surface area contributed by atoms with Gasteiger partial charge in [0.15, 0.2) is 0 Å². The number of hydrogen-bond donors (Lipinski definition) is 0. The van der Waals surface area contributed by atoms with Crippen molar-refractivity contribution in [2.24, 2.45) is 0 Å². The molecule has 57 valence electrons. The molecule has 0 bridgehead atoms. The van der Waals surface area contributed by atoms with Crippen LogP contribution in [0.3, 0.4) is 0 Å². The van der Waals surface area contributed by atoms with Gasteiger partial charge in [-0.25, -0.2) is 0 Å². The van der Waals surface area contributed by atoms with Gasteiger partial charge >= 0.3 is 0 Å². The maximum atomic E-state index is 3.14. The quantitative estimate of drug-likeness (QED) is 0.412. The van der Waals surface area contributed by atoms with Gasteiger partial charge in [0.05, 0.1) is 0 Å². The highest BCUT2D eigenvalue weighted by atomic mass is 13.8. The maximum Gasteiger partial charge on any atom is 0.0117 e. The molecular weight excluding hydrogens is 120 g/mol. The topological polar surface area (TPSA) is 0 Å². The smallest absolute Gasteiger partial charge is 0.0117 e. The highest BCUT2D eigenvalue weighted by molar-refractivity contribution is 5.00. The summed E-state index contributed by atoms with van der Waals surface area (Å²) in [5.74, 6) is 6.23. The molecule has 0 fully saturated rings. The Morgan fingerprint density at radius 2 is 2.00 bits per heavy atom. The van der Waals surface area contributed by atoms with Gasteiger partial charge in [-0.2, -0.15) is 0 Å². The van der Waals surface area contributed by atoms with Crippen LogP contribution in [-0.2, 0) is 0 Å². The highest BCUT2D eigenvalue weighted by Crippen LogP contribution is 1.96. The molecule has 0 spiro atoms. The first-order valence-electron chi connectivity index (χ1n) is 4.15. The van der Waals surface area contributed by atoms with Gasteiger partial charge in [0.25, 0.3) is 0 Å². The molecule has 0 rings (SSSR count). The van der Waals surface area contributed by atoms with Gasteiger partial charge in [0, 0.05) is 12.8 Å². The Balaban J connectivity index is 2.96. The van der Waals surface area contributed by atoms with Crippen molar-refractivity contribution in [2.75, 3.05) is 0 Å². The molecule has 10 heavy (non-hydrogen) atoms. The van der Waals surface area contributed by atoms with E-state index in [0.29, 0.717) is 0 Å². The Bertz CT molecular complexity index is 103. The molecule has 0 aromatic heterocycles. The maximum absolute atomic E-state index is 3.14. The minimum Gasteiger partial charge on any atom is -0.103 e. The number of rotatable bonds is 4. The lowest BCUT2D eigenvalue weighted by Gasteiger charge is -1.87. The van der Waals surface area contributed by atoms with E-state index in [2.05, 4.69) is 25.2 Å². The average molecular weight is 137 g/mol. The zero-order chi connectivity index (χ0) is 7.66. The summed E-state index contributed by atoms with van der Waals surface area (Å²) in [6.45, 7) is 4.26. The predicted molar refractivity (Wildman–Crippen MR) is 46.5 cm³/mol. The Kier molecular flexibility index (Phi) is 8.18. The Labute approximate surface area is 65.0 Å². The van der Waals surface area contributed by atoms with Gasteiger partial charge in [-0.05, 0) is 12.8 Å². The van der Waals surface area contributed by atoms with Crippen molar-refractivity contribution < 1.29 is 0 Å². The molecule has 0 heterocycles. The minimum absolute atomic E-state index is 0.951. The van der Waals surface area contributed by atoms with Crippen LogP contribution in [0.5, 0.6) is 0 Å². The van der Waals surface area contributed by atoms with Gasteiger partial charge in [0.1, 0.15) is 0 Å². The summed E-state index contributed by atoms with van der Waals surface area (Å²) in [4.78, 5) is 0. The Morgan fingerprint density at radius 1 is 1.20 bits per heavy atom. The number of hydrogen-bond acceptors (Lipinski definition) is 0. The van der Waals surface area contributed by atoms with E-state index < -0.39 is 0 Å². The monoisotopic (exact) mass is 137 g/mol. The molecule has 0 amide bonds. The van der Waals surface area contributed by atoms with Crippen molar-refractivity contribution in [3.8, 4) is 11.8 Å². The zero-order valence-corrected chi connectivity index (χ0v) is 7.11. The summed E-state index contributed by atoms with van der Waals surface area (Å²) < 4.78 is 0. The fourth-order valence-corrected chi connectivity index (χ4v) is 0.726. The van der Waals surface area contributed by atoms with Crippen molar-refractivity contribution in [3.05, 3.63) is 6.42 Å². The fourth-order valence-electron chi connectivity index (χ4n) is 0.726. The van der Waals surface area contributed by atoms with Gasteiger partial charge < -0.3 is 0 Å². The molecule has 0 saturated heterocycles. The second-order valence-corrected chi connectivity index (χ2v) is 2.42. The molecule has 0 aliphatic rings. The van der Waals surface area contributed by atoms with Crippen molar-refractivity contribution in [1.82, 2.24) is 0 Å². The van der Waals surface area contributed by atoms with Crippen molar-refractivity contribution in [2.45, 2.75) is 46.0 Å². The Morgan fingerprint density at radius 3 is 2.60 bits per heavy atom. The van der Waals surface area contributed by atoms with E-state index in [1.807, 2.05) is 6.92 Å². The SMILES string of the molecule is C[CH]CC#CCCCCC. The standard InChI is InChI=1S/C10H17/c1-3-5-7-9-10-8-6-4-2/h3H,4-6,8,10H2,1-2H3. The molecule has 0 aromatic rings. The van der Waals surface area contributed by atoms with E-state index in [1.54, 1.807) is 0 Å². The third-order valence-electron chi connectivity index (χ3n) is 1.34. The summed E-state index contributed by atoms with van der Waals surface area (Å²) in [5, 5.41) is 0. The van der Waals surface area contributed by atoms with Crippen LogP contribution in [0.4, 0.5) is 0 Å². The third-order valence-corrected chi connectivity index (χ3v) is 1.34. The van der Waals surface area contributed by atoms with E-state index in [1.165, 1.54) is 19.3 Å². The second-order valence-electron chi connectivity index (χ2n) is 2.42. The normalized spacial score (nSPS) is 8.60. The van der Waals surface area contributed by atoms with Gasteiger partial charge in [-0.1, -0.05) is 26.7 Å². The fraction of sp³-hybridized carbons (Fsp3) is 0.700. The Hall–Kier alpha value is -0.440. The lowest BCUT2D eigenvalue weighted by atomic mass is 10.2. The molecule has 0 aliphatic heterocycles. The van der Waals surface area contributed by atoms with Crippen molar-refractivity contribution >= 4 is 0 Å². The molecule has 0 saturated carbocycles. The molecule has 0 heteroatoms. The van der Waals surface area contributed by atoms with Crippen LogP contribution < -0.4 is 0 Å². The van der Waals surface area contributed by atoms with E-state index in [-0.39, 0.29) is 0 Å². The van der Waals surface area contributed by atoms with Crippen molar-refractivity contribution in [1.29, 1.82) is 0 Å². The third kappa shape index (κ3) is 7.56. The lowest BCUT2D eigenvalue weighted by Crippen LogP contribution is -1.71. The first kappa shape index (κ1) is 9.56. The molecule has 0 N–H and O–H groups in total. The summed E-state index contributed by atoms with van der Waals surface area (Å²) in [6.07, 6.45) is 8.01. The van der Waals surface area contributed by atoms with Crippen LogP contribution in [0.1, 0.15) is 46.0 Å². The molecule has 1 radical (unpaired) electrons. The van der Waals surface area contributed by atoms with E-state index in [0.717, 1.165) is 12.8 Å². The molecule has 0 atom stereocenters. The van der Waals surface area contributed by atoms with Crippen LogP contribution in [0.2, 0.25) is 0 Å². The minimum atomic E-state index is 0.951. The van der Waals surface area contributed by atoms with Gasteiger partial charge in [-0.3, -0.25) is 0 Å². The number of unbranched alkanes of at least 4 members (excludes halogenated alkanes) is 4. The summed E-state index contributed by atoms with van der Waals surface area (Å²) in [5.41, 5.74) is 0. The average Bonchev–Trinajstić information content (AvgIpc) is 1.97. The van der Waals surface area contributed by atoms with Crippen LogP contribution in [0.15, 0.2) is 0 Å². The first-order valence-corrected chi connectivity index (χ1v) is 4.15. The van der Waals surface area contributed by atoms with Crippen LogP contribution >= 0.6 is 0 Å². The molecule has 0 unspecified atom stereocenters. The molecule has 0 aromatic carbocycles. The molecular formula is C10H17. The summed E-state index contributed by atoms with van der Waals surface area (Å²) in [7, 11) is 0.